The number of hydrogen-bond acceptors (Lipinski definition) is 5. The van der Waals surface area contributed by atoms with Crippen LogP contribution in [0.15, 0.2) is 16.5 Å². The second kappa shape index (κ2) is 6.07. The topological polar surface area (TPSA) is 82.1 Å². The summed E-state index contributed by atoms with van der Waals surface area (Å²) in [5.41, 5.74) is 2.80. The number of nitriles is 1. The zero-order chi connectivity index (χ0) is 15.7. The van der Waals surface area contributed by atoms with E-state index in [4.69, 9.17) is 4.42 Å². The lowest BCUT2D eigenvalue weighted by Crippen LogP contribution is -2.35. The van der Waals surface area contributed by atoms with Crippen LogP contribution in [0.4, 0.5) is 0 Å². The number of aliphatic hydroxyl groups excluding tert-OH is 1. The highest BCUT2D eigenvalue weighted by molar-refractivity contribution is 5.80. The second-order valence-corrected chi connectivity index (χ2v) is 6.30. The average molecular weight is 299 g/mol. The highest BCUT2D eigenvalue weighted by Gasteiger charge is 2.24. The molecule has 0 saturated heterocycles. The van der Waals surface area contributed by atoms with Crippen LogP contribution >= 0.6 is 0 Å². The number of fused-ring (bicyclic) bond motifs is 1. The minimum Gasteiger partial charge on any atom is -0.439 e. The maximum Gasteiger partial charge on any atom is 0.198 e. The van der Waals surface area contributed by atoms with E-state index in [0.29, 0.717) is 23.6 Å². The van der Waals surface area contributed by atoms with Gasteiger partial charge in [-0.15, -0.1) is 0 Å². The summed E-state index contributed by atoms with van der Waals surface area (Å²) in [6.45, 7) is 4.65. The first-order chi connectivity index (χ1) is 10.6. The quantitative estimate of drug-likeness (QED) is 0.907. The van der Waals surface area contributed by atoms with E-state index in [1.807, 2.05) is 26.0 Å². The molecule has 2 aromatic rings. The molecule has 5 heteroatoms. The zero-order valence-corrected chi connectivity index (χ0v) is 13.0. The highest BCUT2D eigenvalue weighted by atomic mass is 16.3. The summed E-state index contributed by atoms with van der Waals surface area (Å²) in [4.78, 5) is 4.48. The van der Waals surface area contributed by atoms with Crippen LogP contribution in [0.3, 0.4) is 0 Å². The third-order valence-corrected chi connectivity index (χ3v) is 4.23. The molecular weight excluding hydrogens is 278 g/mol. The molecule has 0 radical (unpaired) electrons. The lowest BCUT2D eigenvalue weighted by molar-refractivity contribution is 0.148. The molecule has 1 aliphatic carbocycles. The average Bonchev–Trinajstić information content (AvgIpc) is 3.10. The molecule has 3 rings (SSSR count). The Bertz CT molecular complexity index is 714. The minimum atomic E-state index is -0.265. The van der Waals surface area contributed by atoms with Crippen molar-refractivity contribution in [1.29, 1.82) is 5.26 Å². The first-order valence-corrected chi connectivity index (χ1v) is 7.83. The SMILES string of the molecule is CC(C)c1nc2cc(CN[C@H]3CCC[C@@H]3O)cc(C#N)c2o1. The lowest BCUT2D eigenvalue weighted by atomic mass is 10.1. The first-order valence-electron chi connectivity index (χ1n) is 7.83. The Kier molecular flexibility index (Phi) is 4.14. The molecule has 1 saturated carbocycles. The Morgan fingerprint density at radius 1 is 1.45 bits per heavy atom. The Labute approximate surface area is 130 Å². The van der Waals surface area contributed by atoms with Crippen LogP contribution in [0.2, 0.25) is 0 Å². The predicted molar refractivity (Wildman–Crippen MR) is 83.3 cm³/mol. The van der Waals surface area contributed by atoms with Gasteiger partial charge in [0.15, 0.2) is 11.5 Å². The predicted octanol–water partition coefficient (Wildman–Crippen LogP) is 2.83. The van der Waals surface area contributed by atoms with Gasteiger partial charge < -0.3 is 14.8 Å². The Morgan fingerprint density at radius 2 is 2.27 bits per heavy atom. The van der Waals surface area contributed by atoms with Gasteiger partial charge in [-0.3, -0.25) is 0 Å². The van der Waals surface area contributed by atoms with E-state index >= 15 is 0 Å². The van der Waals surface area contributed by atoms with Crippen molar-refractivity contribution >= 4 is 11.1 Å². The van der Waals surface area contributed by atoms with Crippen molar-refractivity contribution in [2.75, 3.05) is 0 Å². The molecule has 22 heavy (non-hydrogen) atoms. The molecule has 0 spiro atoms. The Balaban J connectivity index is 1.85. The van der Waals surface area contributed by atoms with Gasteiger partial charge in [0.1, 0.15) is 11.6 Å². The van der Waals surface area contributed by atoms with Crippen LogP contribution in [0, 0.1) is 11.3 Å². The van der Waals surface area contributed by atoms with E-state index in [1.54, 1.807) is 0 Å². The van der Waals surface area contributed by atoms with Crippen LogP contribution in [0.25, 0.3) is 11.1 Å². The molecule has 0 unspecified atom stereocenters. The summed E-state index contributed by atoms with van der Waals surface area (Å²) in [6, 6.07) is 6.13. The van der Waals surface area contributed by atoms with Gasteiger partial charge in [-0.25, -0.2) is 4.98 Å². The number of nitrogens with zero attached hydrogens (tertiary/aromatic N) is 2. The molecule has 1 fully saturated rings. The van der Waals surface area contributed by atoms with Crippen LogP contribution in [-0.2, 0) is 6.54 Å². The summed E-state index contributed by atoms with van der Waals surface area (Å²) in [5, 5.41) is 22.6. The summed E-state index contributed by atoms with van der Waals surface area (Å²) in [7, 11) is 0. The molecule has 0 bridgehead atoms. The molecule has 5 nitrogen and oxygen atoms in total. The van der Waals surface area contributed by atoms with E-state index in [-0.39, 0.29) is 18.1 Å². The summed E-state index contributed by atoms with van der Waals surface area (Å²) in [5.74, 6) is 0.844. The van der Waals surface area contributed by atoms with Crippen LogP contribution in [0.1, 0.15) is 56.0 Å². The van der Waals surface area contributed by atoms with Crippen molar-refractivity contribution in [3.63, 3.8) is 0 Å². The van der Waals surface area contributed by atoms with Crippen LogP contribution < -0.4 is 5.32 Å². The van der Waals surface area contributed by atoms with Gasteiger partial charge in [0.05, 0.1) is 11.7 Å². The van der Waals surface area contributed by atoms with E-state index in [1.165, 1.54) is 0 Å². The maximum absolute atomic E-state index is 9.86. The fraction of sp³-hybridized carbons (Fsp3) is 0.529. The number of nitrogens with one attached hydrogen (secondary N) is 1. The number of rotatable bonds is 4. The summed E-state index contributed by atoms with van der Waals surface area (Å²) < 4.78 is 5.71. The number of aromatic nitrogens is 1. The first kappa shape index (κ1) is 15.0. The third-order valence-electron chi connectivity index (χ3n) is 4.23. The largest absolute Gasteiger partial charge is 0.439 e. The Hall–Kier alpha value is -1.90. The molecule has 2 atom stereocenters. The van der Waals surface area contributed by atoms with Crippen molar-refractivity contribution in [3.8, 4) is 6.07 Å². The van der Waals surface area contributed by atoms with Gasteiger partial charge in [-0.1, -0.05) is 13.8 Å². The maximum atomic E-state index is 9.86. The fourth-order valence-corrected chi connectivity index (χ4v) is 2.97. The fourth-order valence-electron chi connectivity index (χ4n) is 2.97. The highest BCUT2D eigenvalue weighted by Crippen LogP contribution is 2.26. The smallest absolute Gasteiger partial charge is 0.198 e. The molecule has 0 aliphatic heterocycles. The van der Waals surface area contributed by atoms with E-state index in [9.17, 15) is 10.4 Å². The number of oxazole rings is 1. The minimum absolute atomic E-state index is 0.143. The van der Waals surface area contributed by atoms with Crippen molar-refractivity contribution in [3.05, 3.63) is 29.2 Å². The molecule has 1 aromatic heterocycles. The van der Waals surface area contributed by atoms with E-state index in [2.05, 4.69) is 16.4 Å². The summed E-state index contributed by atoms with van der Waals surface area (Å²) >= 11 is 0. The van der Waals surface area contributed by atoms with Crippen molar-refractivity contribution in [2.24, 2.45) is 0 Å². The number of benzene rings is 1. The zero-order valence-electron chi connectivity index (χ0n) is 13.0. The number of aliphatic hydroxyl groups is 1. The van der Waals surface area contributed by atoms with Gasteiger partial charge in [0, 0.05) is 18.5 Å². The van der Waals surface area contributed by atoms with Crippen LogP contribution in [-0.4, -0.2) is 22.2 Å². The van der Waals surface area contributed by atoms with E-state index in [0.717, 1.165) is 30.3 Å². The van der Waals surface area contributed by atoms with E-state index < -0.39 is 0 Å². The van der Waals surface area contributed by atoms with Crippen molar-refractivity contribution in [2.45, 2.75) is 57.7 Å². The lowest BCUT2D eigenvalue weighted by Gasteiger charge is -2.16. The van der Waals surface area contributed by atoms with Crippen LogP contribution in [0.5, 0.6) is 0 Å². The third kappa shape index (κ3) is 2.85. The molecule has 1 aromatic carbocycles. The molecule has 1 heterocycles. The van der Waals surface area contributed by atoms with Gasteiger partial charge in [-0.05, 0) is 37.0 Å². The standard InChI is InChI=1S/C17H21N3O2/c1-10(2)17-20-14-7-11(6-12(8-18)16(14)22-17)9-19-13-4-3-5-15(13)21/h6-7,10,13,15,19,21H,3-5,9H2,1-2H3/t13-,15-/m0/s1. The molecular formula is C17H21N3O2. The number of hydrogen-bond donors (Lipinski definition) is 2. The summed E-state index contributed by atoms with van der Waals surface area (Å²) in [6.07, 6.45) is 2.65. The molecule has 0 amide bonds. The normalized spacial score (nSPS) is 21.6. The van der Waals surface area contributed by atoms with Gasteiger partial charge >= 0.3 is 0 Å². The van der Waals surface area contributed by atoms with Gasteiger partial charge in [0.25, 0.3) is 0 Å². The molecule has 1 aliphatic rings. The Morgan fingerprint density at radius 3 is 2.91 bits per heavy atom. The van der Waals surface area contributed by atoms with Crippen molar-refractivity contribution in [1.82, 2.24) is 10.3 Å². The van der Waals surface area contributed by atoms with Gasteiger partial charge in [0.2, 0.25) is 0 Å². The monoisotopic (exact) mass is 299 g/mol. The molecule has 2 N–H and O–H groups in total. The van der Waals surface area contributed by atoms with Gasteiger partial charge in [-0.2, -0.15) is 5.26 Å². The molecule has 116 valence electrons. The van der Waals surface area contributed by atoms with Crippen molar-refractivity contribution < 1.29 is 9.52 Å². The second-order valence-electron chi connectivity index (χ2n) is 6.30.